The van der Waals surface area contributed by atoms with Crippen molar-refractivity contribution in [1.29, 1.82) is 0 Å². The summed E-state index contributed by atoms with van der Waals surface area (Å²) in [5.74, 6) is 2.91. The van der Waals surface area contributed by atoms with Crippen LogP contribution in [0, 0.1) is 28.6 Å². The smallest absolute Gasteiger partial charge is 0.202 e. The van der Waals surface area contributed by atoms with E-state index in [4.69, 9.17) is 10.8 Å². The van der Waals surface area contributed by atoms with Crippen LogP contribution in [0.25, 0.3) is 17.1 Å². The van der Waals surface area contributed by atoms with Crippen molar-refractivity contribution in [3.8, 4) is 17.1 Å². The average Bonchev–Trinajstić information content (AvgIpc) is 3.81. The van der Waals surface area contributed by atoms with Crippen LogP contribution in [0.2, 0.25) is 0 Å². The molecule has 7 atom stereocenters. The third kappa shape index (κ3) is 5.64. The number of rotatable bonds is 7. The number of hydrogen-bond acceptors (Lipinski definition) is 9. The maximum absolute atomic E-state index is 12.8. The maximum atomic E-state index is 12.8. The number of aliphatic hydroxyl groups is 1. The van der Waals surface area contributed by atoms with Gasteiger partial charge in [-0.1, -0.05) is 61.9 Å². The minimum Gasteiger partial charge on any atom is -0.393 e. The van der Waals surface area contributed by atoms with Gasteiger partial charge in [0.1, 0.15) is 0 Å². The zero-order valence-electron chi connectivity index (χ0n) is 29.0. The van der Waals surface area contributed by atoms with Crippen LogP contribution in [-0.4, -0.2) is 36.8 Å². The zero-order chi connectivity index (χ0) is 34.6. The number of nitrogens with one attached hydrogen (secondary N) is 1. The molecule has 0 aliphatic heterocycles. The van der Waals surface area contributed by atoms with Crippen LogP contribution in [0.15, 0.2) is 88.0 Å². The molecule has 4 aromatic rings. The van der Waals surface area contributed by atoms with Gasteiger partial charge in [-0.2, -0.15) is 5.10 Å². The second kappa shape index (κ2) is 13.1. The van der Waals surface area contributed by atoms with Crippen molar-refractivity contribution in [3.05, 3.63) is 83.3 Å². The van der Waals surface area contributed by atoms with Crippen LogP contribution < -0.4 is 11.2 Å². The SMILES string of the molecule is CC(=O)/C(=N/Nc1ccccc1)Sc1nnc(-c2c([C@H]3CC[C@H]4[C@@H]5CC=C6C[C@H](O)CC[C@]6(C)[C@H]5CC[C@]34C)csc2N)n1-c1ccccc1. The third-order valence-corrected chi connectivity index (χ3v) is 14.6. The number of aromatic nitrogens is 3. The number of nitrogens with zero attached hydrogens (tertiary/aromatic N) is 4. The molecule has 0 amide bonds. The van der Waals surface area contributed by atoms with Crippen molar-refractivity contribution >= 4 is 44.6 Å². The number of hydrazone groups is 1. The average molecular weight is 707 g/mol. The summed E-state index contributed by atoms with van der Waals surface area (Å²) in [6.45, 7) is 6.57. The number of nitrogen functional groups attached to an aromatic ring is 1. The molecule has 4 N–H and O–H groups in total. The first-order valence-corrected chi connectivity index (χ1v) is 19.7. The van der Waals surface area contributed by atoms with Gasteiger partial charge >= 0.3 is 0 Å². The van der Waals surface area contributed by atoms with Gasteiger partial charge in [-0.05, 0) is 133 Å². The van der Waals surface area contributed by atoms with Crippen molar-refractivity contribution < 1.29 is 9.90 Å². The monoisotopic (exact) mass is 706 g/mol. The van der Waals surface area contributed by atoms with Gasteiger partial charge in [-0.25, -0.2) is 0 Å². The van der Waals surface area contributed by atoms with Crippen LogP contribution >= 0.6 is 23.1 Å². The lowest BCUT2D eigenvalue weighted by Crippen LogP contribution is -2.50. The van der Waals surface area contributed by atoms with E-state index in [-0.39, 0.29) is 27.8 Å². The molecule has 3 saturated carbocycles. The van der Waals surface area contributed by atoms with E-state index in [9.17, 15) is 9.90 Å². The Morgan fingerprint density at radius 2 is 1.78 bits per heavy atom. The summed E-state index contributed by atoms with van der Waals surface area (Å²) in [4.78, 5) is 12.8. The number of ketones is 1. The van der Waals surface area contributed by atoms with Crippen molar-refractivity contribution in [2.45, 2.75) is 89.3 Å². The highest BCUT2D eigenvalue weighted by atomic mass is 32.2. The Balaban J connectivity index is 1.15. The van der Waals surface area contributed by atoms with E-state index >= 15 is 0 Å². The summed E-state index contributed by atoms with van der Waals surface area (Å²) in [5.41, 5.74) is 15.8. The van der Waals surface area contributed by atoms with E-state index in [0.717, 1.165) is 54.0 Å². The number of carbonyl (C=O) groups excluding carboxylic acids is 1. The Morgan fingerprint density at radius 3 is 2.54 bits per heavy atom. The van der Waals surface area contributed by atoms with E-state index in [0.29, 0.717) is 34.7 Å². The summed E-state index contributed by atoms with van der Waals surface area (Å²) >= 11 is 2.80. The van der Waals surface area contributed by atoms with E-state index in [1.807, 2.05) is 65.2 Å². The molecule has 50 heavy (non-hydrogen) atoms. The standard InChI is InChI=1S/C40H46N6O2S2/c1-24(47)37(44-42-26-10-6-4-7-11-26)50-38-45-43-36(46(38)27-12-8-5-9-13-27)34-30(23-49-35(34)41)32-17-16-31-29-15-14-25-22-28(48)18-20-39(25,2)33(29)19-21-40(31,32)3/h4-14,23,28-29,31-33,42,48H,15-22,41H2,1-3H3/b44-37-/t28-,29+,31+,32-,33+,39+,40+/m1/s1. The molecule has 4 aliphatic rings. The molecule has 3 fully saturated rings. The Hall–Kier alpha value is -3.73. The molecule has 2 aromatic heterocycles. The van der Waals surface area contributed by atoms with Crippen LogP contribution in [-0.2, 0) is 4.79 Å². The number of benzene rings is 2. The third-order valence-electron chi connectivity index (χ3n) is 12.7. The highest BCUT2D eigenvalue weighted by Gasteiger charge is 2.59. The molecule has 260 valence electrons. The molecule has 10 heteroatoms. The lowest BCUT2D eigenvalue weighted by Gasteiger charge is -2.58. The summed E-state index contributed by atoms with van der Waals surface area (Å²) < 4.78 is 2.03. The van der Waals surface area contributed by atoms with Crippen LogP contribution in [0.4, 0.5) is 10.7 Å². The highest BCUT2D eigenvalue weighted by Crippen LogP contribution is 2.68. The van der Waals surface area contributed by atoms with Crippen LogP contribution in [0.1, 0.15) is 83.6 Å². The van der Waals surface area contributed by atoms with Gasteiger partial charge in [0.05, 0.1) is 22.4 Å². The van der Waals surface area contributed by atoms with Gasteiger partial charge in [0.2, 0.25) is 5.16 Å². The predicted molar refractivity (Wildman–Crippen MR) is 204 cm³/mol. The Morgan fingerprint density at radius 1 is 1.02 bits per heavy atom. The molecule has 2 heterocycles. The maximum Gasteiger partial charge on any atom is 0.202 e. The first kappa shape index (κ1) is 33.4. The molecular weight excluding hydrogens is 661 g/mol. The van der Waals surface area contributed by atoms with Gasteiger partial charge in [-0.3, -0.25) is 14.8 Å². The van der Waals surface area contributed by atoms with Gasteiger partial charge in [0.25, 0.3) is 0 Å². The van der Waals surface area contributed by atoms with E-state index in [1.54, 1.807) is 11.3 Å². The van der Waals surface area contributed by atoms with Crippen molar-refractivity contribution in [1.82, 2.24) is 14.8 Å². The number of nitrogens with two attached hydrogens (primary N) is 1. The Kier molecular flexibility index (Phi) is 8.76. The van der Waals surface area contributed by atoms with Gasteiger partial charge < -0.3 is 10.8 Å². The first-order chi connectivity index (χ1) is 24.2. The summed E-state index contributed by atoms with van der Waals surface area (Å²) in [6, 6.07) is 19.7. The topological polar surface area (TPSA) is 118 Å². The number of para-hydroxylation sites is 2. The summed E-state index contributed by atoms with van der Waals surface area (Å²) in [6.07, 6.45) is 11.1. The Labute approximate surface area is 302 Å². The lowest BCUT2D eigenvalue weighted by molar-refractivity contribution is -0.110. The van der Waals surface area contributed by atoms with E-state index in [2.05, 4.69) is 40.9 Å². The lowest BCUT2D eigenvalue weighted by atomic mass is 9.47. The molecule has 0 saturated heterocycles. The number of anilines is 2. The zero-order valence-corrected chi connectivity index (χ0v) is 30.6. The molecule has 8 rings (SSSR count). The molecule has 0 unspecified atom stereocenters. The van der Waals surface area contributed by atoms with Crippen molar-refractivity contribution in [3.63, 3.8) is 0 Å². The number of fused-ring (bicyclic) bond motifs is 5. The first-order valence-electron chi connectivity index (χ1n) is 18.0. The highest BCUT2D eigenvalue weighted by molar-refractivity contribution is 8.15. The second-order valence-electron chi connectivity index (χ2n) is 15.3. The number of Topliss-reactive ketones (excluding diaryl/α,β-unsaturated/α-hetero) is 1. The van der Waals surface area contributed by atoms with Crippen LogP contribution in [0.3, 0.4) is 0 Å². The van der Waals surface area contributed by atoms with E-state index in [1.165, 1.54) is 49.1 Å². The minimum atomic E-state index is -0.179. The fraction of sp³-hybridized carbons (Fsp3) is 0.450. The van der Waals surface area contributed by atoms with Crippen molar-refractivity contribution in [2.75, 3.05) is 11.2 Å². The summed E-state index contributed by atoms with van der Waals surface area (Å²) in [5, 5.41) is 28.3. The number of carbonyl (C=O) groups is 1. The molecule has 4 aliphatic carbocycles. The molecule has 8 nitrogen and oxygen atoms in total. The molecule has 0 spiro atoms. The molecule has 0 bridgehead atoms. The quantitative estimate of drug-likeness (QED) is 0.0577. The molecule has 2 aromatic carbocycles. The fourth-order valence-electron chi connectivity index (χ4n) is 10.2. The molecular formula is C40H46N6O2S2. The molecule has 0 radical (unpaired) electrons. The predicted octanol–water partition coefficient (Wildman–Crippen LogP) is 9.09. The fourth-order valence-corrected chi connectivity index (χ4v) is 11.9. The van der Waals surface area contributed by atoms with Crippen LogP contribution in [0.5, 0.6) is 0 Å². The number of thioether (sulfide) groups is 1. The second-order valence-corrected chi connectivity index (χ2v) is 17.2. The number of aliphatic hydroxyl groups excluding tert-OH is 1. The van der Waals surface area contributed by atoms with Gasteiger partial charge in [0, 0.05) is 12.6 Å². The number of hydrogen-bond donors (Lipinski definition) is 3. The van der Waals surface area contributed by atoms with Gasteiger partial charge in [-0.15, -0.1) is 21.5 Å². The van der Waals surface area contributed by atoms with Gasteiger partial charge in [0.15, 0.2) is 16.7 Å². The van der Waals surface area contributed by atoms with E-state index < -0.39 is 0 Å². The number of allylic oxidation sites excluding steroid dienone is 1. The summed E-state index contributed by atoms with van der Waals surface area (Å²) in [7, 11) is 0. The number of thiophene rings is 1. The normalized spacial score (nSPS) is 30.6. The largest absolute Gasteiger partial charge is 0.393 e. The minimum absolute atomic E-state index is 0.159. The van der Waals surface area contributed by atoms with Crippen molar-refractivity contribution in [2.24, 2.45) is 33.7 Å². The Bertz CT molecular complexity index is 1950.